The zero-order valence-electron chi connectivity index (χ0n) is 44.8. The SMILES string of the molecule is C=C/C=C(/C)C=C.C=CC1=C(/C=C\C)C(C)=C(/C(C)=C\C)C1CC.C=Cc1c(C)cc2c(c1C=C)-c1ccc(C)cc1C2(C)C.CC.Cc1ccc(-c2ccccc2)c(C)c1.Cc1ccccc1. The molecule has 1 atom stereocenters. The fourth-order valence-corrected chi connectivity index (χ4v) is 8.96. The van der Waals surface area contributed by atoms with E-state index in [9.17, 15) is 0 Å². The van der Waals surface area contributed by atoms with E-state index in [0.717, 1.165) is 12.0 Å². The molecule has 0 heteroatoms. The monoisotopic (exact) mass is 901 g/mol. The Morgan fingerprint density at radius 2 is 1.18 bits per heavy atom. The zero-order chi connectivity index (χ0) is 51.1. The maximum atomic E-state index is 4.05. The van der Waals surface area contributed by atoms with Gasteiger partial charge in [-0.1, -0.05) is 253 Å². The summed E-state index contributed by atoms with van der Waals surface area (Å²) < 4.78 is 0. The van der Waals surface area contributed by atoms with Crippen LogP contribution in [0.4, 0.5) is 0 Å². The van der Waals surface area contributed by atoms with Crippen LogP contribution in [0.25, 0.3) is 34.4 Å². The summed E-state index contributed by atoms with van der Waals surface area (Å²) in [6.07, 6.45) is 19.1. The van der Waals surface area contributed by atoms with Gasteiger partial charge in [0.05, 0.1) is 0 Å². The third-order valence-electron chi connectivity index (χ3n) is 12.6. The van der Waals surface area contributed by atoms with E-state index >= 15 is 0 Å². The summed E-state index contributed by atoms with van der Waals surface area (Å²) in [5.74, 6) is 0.523. The van der Waals surface area contributed by atoms with Crippen LogP contribution in [0.5, 0.6) is 0 Å². The molecule has 0 saturated heterocycles. The van der Waals surface area contributed by atoms with Crippen LogP contribution in [0.2, 0.25) is 0 Å². The summed E-state index contributed by atoms with van der Waals surface area (Å²) in [6.45, 7) is 51.3. The molecule has 2 aliphatic rings. The first-order valence-electron chi connectivity index (χ1n) is 24.5. The molecule has 5 aromatic rings. The minimum atomic E-state index is 0.0406. The smallest absolute Gasteiger partial charge is 0.0159 e. The van der Waals surface area contributed by atoms with E-state index in [2.05, 4.69) is 213 Å². The van der Waals surface area contributed by atoms with E-state index in [1.165, 1.54) is 100 Å². The highest BCUT2D eigenvalue weighted by Crippen LogP contribution is 2.52. The van der Waals surface area contributed by atoms with Crippen molar-refractivity contribution in [3.63, 3.8) is 0 Å². The average molecular weight is 901 g/mol. The van der Waals surface area contributed by atoms with Gasteiger partial charge in [-0.05, 0) is 154 Å². The molecular formula is C68H84. The molecular weight excluding hydrogens is 817 g/mol. The molecule has 0 nitrogen and oxygen atoms in total. The third-order valence-corrected chi connectivity index (χ3v) is 12.6. The Balaban J connectivity index is 0.000000306. The van der Waals surface area contributed by atoms with Crippen molar-refractivity contribution in [3.05, 3.63) is 262 Å². The van der Waals surface area contributed by atoms with Crippen LogP contribution >= 0.6 is 0 Å². The molecule has 0 bridgehead atoms. The highest BCUT2D eigenvalue weighted by Gasteiger charge is 2.37. The lowest BCUT2D eigenvalue weighted by Crippen LogP contribution is -2.15. The molecule has 0 radical (unpaired) electrons. The van der Waals surface area contributed by atoms with E-state index in [-0.39, 0.29) is 5.41 Å². The molecule has 7 rings (SSSR count). The number of fused-ring (bicyclic) bond motifs is 3. The van der Waals surface area contributed by atoms with Crippen LogP contribution in [0.1, 0.15) is 126 Å². The van der Waals surface area contributed by atoms with Gasteiger partial charge in [-0.2, -0.15) is 0 Å². The van der Waals surface area contributed by atoms with Crippen molar-refractivity contribution < 1.29 is 0 Å². The maximum absolute atomic E-state index is 4.05. The Kier molecular flexibility index (Phi) is 24.3. The molecule has 1 unspecified atom stereocenters. The largest absolute Gasteiger partial charge is 0.0991 e. The second-order valence-electron chi connectivity index (χ2n) is 17.8. The van der Waals surface area contributed by atoms with Crippen molar-refractivity contribution in [1.82, 2.24) is 0 Å². The van der Waals surface area contributed by atoms with Crippen LogP contribution in [0.3, 0.4) is 0 Å². The number of benzene rings is 5. The Labute approximate surface area is 416 Å². The molecule has 0 aliphatic heterocycles. The minimum absolute atomic E-state index is 0.0406. The summed E-state index contributed by atoms with van der Waals surface area (Å²) in [5.41, 5.74) is 25.4. The Morgan fingerprint density at radius 3 is 1.62 bits per heavy atom. The first-order chi connectivity index (χ1) is 32.5. The van der Waals surface area contributed by atoms with Gasteiger partial charge in [0.2, 0.25) is 0 Å². The van der Waals surface area contributed by atoms with Crippen LogP contribution < -0.4 is 0 Å². The summed E-state index contributed by atoms with van der Waals surface area (Å²) in [7, 11) is 0. The van der Waals surface area contributed by atoms with Crippen LogP contribution in [0, 0.1) is 40.5 Å². The van der Waals surface area contributed by atoms with E-state index in [0.29, 0.717) is 5.92 Å². The molecule has 0 aromatic heterocycles. The predicted molar refractivity (Wildman–Crippen MR) is 310 cm³/mol. The third kappa shape index (κ3) is 14.7. The van der Waals surface area contributed by atoms with Gasteiger partial charge in [0.25, 0.3) is 0 Å². The van der Waals surface area contributed by atoms with Gasteiger partial charge in [-0.15, -0.1) is 0 Å². The molecule has 0 spiro atoms. The number of hydrogen-bond acceptors (Lipinski definition) is 0. The van der Waals surface area contributed by atoms with E-state index in [4.69, 9.17) is 0 Å². The lowest BCUT2D eigenvalue weighted by Gasteiger charge is -2.23. The standard InChI is InChI=1S/C21H22.C17H24.C14H14.C7H8.C7H10.C2H6/c1-7-15-14(4)12-19-20(16(15)8-2)17-10-9-13(3)11-18(17)21(19,5)6;1-7-11-16-13(6)17(12(5)8-2)15(10-4)14(16)9-3;1-11-8-9-14(12(2)10-11)13-6-4-3-5-7-13;1-7-5-3-2-4-6-7;1-4-6-7(3)5-2;1-2/h7-12H,1-2H2,3-6H3;7-9,11,15H,3,10H2,1-2,4-6H3;3-10H,1-2H3;2-6H,1H3;4-6H,1-2H2,3H3;1-2H3/b;11-7-,12-8-;;;7-6-;. The Hall–Kier alpha value is -6.50. The van der Waals surface area contributed by atoms with Crippen LogP contribution in [-0.2, 0) is 5.41 Å². The predicted octanol–water partition coefficient (Wildman–Crippen LogP) is 20.6. The summed E-state index contributed by atoms with van der Waals surface area (Å²) in [6, 6.07) is 36.5. The number of hydrogen-bond donors (Lipinski definition) is 0. The van der Waals surface area contributed by atoms with Crippen molar-refractivity contribution in [2.45, 2.75) is 116 Å². The lowest BCUT2D eigenvalue weighted by atomic mass is 9.80. The molecule has 0 N–H and O–H groups in total. The first kappa shape index (κ1) is 57.6. The van der Waals surface area contributed by atoms with E-state index in [1.54, 1.807) is 12.2 Å². The molecule has 5 aromatic carbocycles. The van der Waals surface area contributed by atoms with E-state index in [1.807, 2.05) is 69.3 Å². The summed E-state index contributed by atoms with van der Waals surface area (Å²) in [5, 5.41) is 0. The normalized spacial score (nSPS) is 14.1. The van der Waals surface area contributed by atoms with Crippen molar-refractivity contribution in [2.24, 2.45) is 5.92 Å². The molecule has 0 fully saturated rings. The van der Waals surface area contributed by atoms with Gasteiger partial charge >= 0.3 is 0 Å². The van der Waals surface area contributed by atoms with E-state index < -0.39 is 0 Å². The van der Waals surface area contributed by atoms with Crippen molar-refractivity contribution >= 4 is 12.2 Å². The molecule has 68 heavy (non-hydrogen) atoms. The fraction of sp³-hybridized carbons (Fsp3) is 0.265. The number of rotatable bonds is 9. The average Bonchev–Trinajstić information content (AvgIpc) is 3.74. The second kappa shape index (κ2) is 28.6. The lowest BCUT2D eigenvalue weighted by molar-refractivity contribution is 0.659. The van der Waals surface area contributed by atoms with Crippen LogP contribution in [-0.4, -0.2) is 0 Å². The number of aryl methyl sites for hydroxylation is 5. The molecule has 2 aliphatic carbocycles. The number of allylic oxidation sites excluding steroid dienone is 13. The van der Waals surface area contributed by atoms with Crippen molar-refractivity contribution in [3.8, 4) is 22.3 Å². The second-order valence-corrected chi connectivity index (χ2v) is 17.8. The Bertz CT molecular complexity index is 2640. The van der Waals surface area contributed by atoms with Crippen molar-refractivity contribution in [1.29, 1.82) is 0 Å². The molecule has 0 amide bonds. The van der Waals surface area contributed by atoms with Crippen LogP contribution in [0.15, 0.2) is 212 Å². The minimum Gasteiger partial charge on any atom is -0.0991 e. The van der Waals surface area contributed by atoms with Crippen molar-refractivity contribution in [2.75, 3.05) is 0 Å². The summed E-state index contributed by atoms with van der Waals surface area (Å²) >= 11 is 0. The Morgan fingerprint density at radius 1 is 0.618 bits per heavy atom. The quantitative estimate of drug-likeness (QED) is 0.129. The maximum Gasteiger partial charge on any atom is 0.0159 e. The van der Waals surface area contributed by atoms with Gasteiger partial charge in [0, 0.05) is 11.3 Å². The summed E-state index contributed by atoms with van der Waals surface area (Å²) in [4.78, 5) is 0. The van der Waals surface area contributed by atoms with Gasteiger partial charge < -0.3 is 0 Å². The fourth-order valence-electron chi connectivity index (χ4n) is 8.96. The first-order valence-corrected chi connectivity index (χ1v) is 24.5. The van der Waals surface area contributed by atoms with Gasteiger partial charge in [-0.3, -0.25) is 0 Å². The molecule has 0 heterocycles. The van der Waals surface area contributed by atoms with Gasteiger partial charge in [0.1, 0.15) is 0 Å². The van der Waals surface area contributed by atoms with Gasteiger partial charge in [-0.25, -0.2) is 0 Å². The zero-order valence-corrected chi connectivity index (χ0v) is 44.8. The highest BCUT2D eigenvalue weighted by atomic mass is 14.4. The molecule has 356 valence electrons. The topological polar surface area (TPSA) is 0 Å². The van der Waals surface area contributed by atoms with Gasteiger partial charge in [0.15, 0.2) is 0 Å². The molecule has 0 saturated carbocycles. The highest BCUT2D eigenvalue weighted by molar-refractivity contribution is 5.91.